The topological polar surface area (TPSA) is 92.8 Å². The van der Waals surface area contributed by atoms with Crippen molar-refractivity contribution < 1.29 is 23.9 Å². The molecular weight excluding hydrogens is 420 g/mol. The lowest BCUT2D eigenvalue weighted by Crippen LogP contribution is -2.31. The number of rotatable bonds is 8. The van der Waals surface area contributed by atoms with Crippen LogP contribution in [0.15, 0.2) is 78.9 Å². The minimum Gasteiger partial charge on any atom is -0.452 e. The highest BCUT2D eigenvalue weighted by atomic mass is 16.5. The highest BCUT2D eigenvalue weighted by molar-refractivity contribution is 6.22. The number of nitrogens with one attached hydrogen (secondary N) is 1. The second-order valence-corrected chi connectivity index (χ2v) is 7.60. The van der Waals surface area contributed by atoms with Crippen LogP contribution in [-0.2, 0) is 22.5 Å². The van der Waals surface area contributed by atoms with Gasteiger partial charge in [0.2, 0.25) is 0 Å². The highest BCUT2D eigenvalue weighted by Gasteiger charge is 2.35. The predicted molar refractivity (Wildman–Crippen MR) is 121 cm³/mol. The number of amides is 3. The summed E-state index contributed by atoms with van der Waals surface area (Å²) in [5, 5.41) is 2.67. The van der Waals surface area contributed by atoms with Gasteiger partial charge >= 0.3 is 5.97 Å². The van der Waals surface area contributed by atoms with Crippen molar-refractivity contribution in [1.29, 1.82) is 0 Å². The fourth-order valence-corrected chi connectivity index (χ4v) is 3.57. The third-order valence-corrected chi connectivity index (χ3v) is 5.34. The third kappa shape index (κ3) is 5.15. The van der Waals surface area contributed by atoms with Crippen LogP contribution in [0.25, 0.3) is 0 Å². The van der Waals surface area contributed by atoms with Crippen molar-refractivity contribution in [3.63, 3.8) is 0 Å². The number of carbonyl (C=O) groups is 4. The van der Waals surface area contributed by atoms with Crippen LogP contribution in [0.2, 0.25) is 0 Å². The van der Waals surface area contributed by atoms with Crippen LogP contribution >= 0.6 is 0 Å². The normalized spacial score (nSPS) is 12.4. The number of hydrogen-bond acceptors (Lipinski definition) is 5. The number of ether oxygens (including phenoxy) is 1. The molecule has 0 aliphatic carbocycles. The molecule has 0 aromatic heterocycles. The standard InChI is InChI=1S/C26H22N2O5/c29-23(27-16-19-9-5-2-6-10-19)17-33-26(32)20-11-12-21-22(15-20)25(31)28(24(21)30)14-13-18-7-3-1-4-8-18/h1-12,15H,13-14,16-17H2,(H,27,29). The Balaban J connectivity index is 1.34. The largest absolute Gasteiger partial charge is 0.452 e. The van der Waals surface area contributed by atoms with E-state index in [4.69, 9.17) is 4.74 Å². The molecule has 166 valence electrons. The van der Waals surface area contributed by atoms with Crippen LogP contribution in [-0.4, -0.2) is 41.7 Å². The zero-order valence-corrected chi connectivity index (χ0v) is 17.8. The minimum absolute atomic E-state index is 0.107. The zero-order valence-electron chi connectivity index (χ0n) is 17.8. The van der Waals surface area contributed by atoms with Gasteiger partial charge < -0.3 is 10.1 Å². The first-order valence-electron chi connectivity index (χ1n) is 10.5. The molecule has 0 saturated carbocycles. The molecule has 7 heteroatoms. The Morgan fingerprint density at radius 3 is 2.12 bits per heavy atom. The summed E-state index contributed by atoms with van der Waals surface area (Å²) < 4.78 is 5.07. The summed E-state index contributed by atoms with van der Waals surface area (Å²) in [7, 11) is 0. The first kappa shape index (κ1) is 22.0. The molecule has 1 aliphatic rings. The van der Waals surface area contributed by atoms with Gasteiger partial charge in [-0.3, -0.25) is 19.3 Å². The Morgan fingerprint density at radius 2 is 1.42 bits per heavy atom. The van der Waals surface area contributed by atoms with Gasteiger partial charge in [0.15, 0.2) is 6.61 Å². The number of esters is 1. The second-order valence-electron chi connectivity index (χ2n) is 7.60. The SMILES string of the molecule is O=C(COC(=O)c1ccc2c(c1)C(=O)N(CCc1ccccc1)C2=O)NCc1ccccc1. The lowest BCUT2D eigenvalue weighted by atomic mass is 10.1. The van der Waals surface area contributed by atoms with E-state index in [1.165, 1.54) is 23.1 Å². The molecule has 4 rings (SSSR count). The summed E-state index contributed by atoms with van der Waals surface area (Å²) in [6.07, 6.45) is 0.541. The van der Waals surface area contributed by atoms with Gasteiger partial charge in [0, 0.05) is 13.1 Å². The summed E-state index contributed by atoms with van der Waals surface area (Å²) in [5.74, 6) is -2.00. The van der Waals surface area contributed by atoms with Gasteiger partial charge in [0.25, 0.3) is 17.7 Å². The van der Waals surface area contributed by atoms with Crippen molar-refractivity contribution in [2.45, 2.75) is 13.0 Å². The molecule has 0 bridgehead atoms. The lowest BCUT2D eigenvalue weighted by molar-refractivity contribution is -0.124. The summed E-state index contributed by atoms with van der Waals surface area (Å²) in [6.45, 7) is 0.127. The summed E-state index contributed by atoms with van der Waals surface area (Å²) >= 11 is 0. The molecule has 3 amide bonds. The smallest absolute Gasteiger partial charge is 0.338 e. The van der Waals surface area contributed by atoms with Crippen LogP contribution in [0.5, 0.6) is 0 Å². The molecule has 0 saturated heterocycles. The van der Waals surface area contributed by atoms with Crippen molar-refractivity contribution in [1.82, 2.24) is 10.2 Å². The monoisotopic (exact) mass is 442 g/mol. The zero-order chi connectivity index (χ0) is 23.2. The van der Waals surface area contributed by atoms with E-state index in [0.717, 1.165) is 11.1 Å². The molecular formula is C26H22N2O5. The first-order chi connectivity index (χ1) is 16.0. The molecule has 0 atom stereocenters. The van der Waals surface area contributed by atoms with Crippen molar-refractivity contribution in [3.05, 3.63) is 107 Å². The summed E-state index contributed by atoms with van der Waals surface area (Å²) in [6, 6.07) is 23.1. The fourth-order valence-electron chi connectivity index (χ4n) is 3.57. The maximum Gasteiger partial charge on any atom is 0.338 e. The van der Waals surface area contributed by atoms with E-state index >= 15 is 0 Å². The Labute approximate surface area is 191 Å². The Bertz CT molecular complexity index is 1190. The Kier molecular flexibility index (Phi) is 6.59. The van der Waals surface area contributed by atoms with Crippen molar-refractivity contribution in [2.75, 3.05) is 13.2 Å². The fraction of sp³-hybridized carbons (Fsp3) is 0.154. The van der Waals surface area contributed by atoms with Crippen molar-refractivity contribution in [3.8, 4) is 0 Å². The lowest BCUT2D eigenvalue weighted by Gasteiger charge is -2.13. The first-order valence-corrected chi connectivity index (χ1v) is 10.5. The molecule has 0 radical (unpaired) electrons. The molecule has 0 spiro atoms. The van der Waals surface area contributed by atoms with Gasteiger partial charge in [-0.2, -0.15) is 0 Å². The predicted octanol–water partition coefficient (Wildman–Crippen LogP) is 3.00. The van der Waals surface area contributed by atoms with Gasteiger partial charge in [-0.25, -0.2) is 4.79 Å². The summed E-state index contributed by atoms with van der Waals surface area (Å²) in [5.41, 5.74) is 2.47. The van der Waals surface area contributed by atoms with E-state index in [1.54, 1.807) is 0 Å². The second kappa shape index (κ2) is 9.91. The van der Waals surface area contributed by atoms with Crippen molar-refractivity contribution in [2.24, 2.45) is 0 Å². The molecule has 7 nitrogen and oxygen atoms in total. The van der Waals surface area contributed by atoms with Crippen LogP contribution in [0.4, 0.5) is 0 Å². The number of fused-ring (bicyclic) bond motifs is 1. The number of nitrogens with zero attached hydrogens (tertiary/aromatic N) is 1. The van der Waals surface area contributed by atoms with E-state index in [-0.39, 0.29) is 29.1 Å². The van der Waals surface area contributed by atoms with Crippen LogP contribution in [0, 0.1) is 0 Å². The van der Waals surface area contributed by atoms with E-state index in [1.807, 2.05) is 60.7 Å². The molecule has 1 aliphatic heterocycles. The molecule has 0 fully saturated rings. The average Bonchev–Trinajstić information content (AvgIpc) is 3.10. The molecule has 33 heavy (non-hydrogen) atoms. The van der Waals surface area contributed by atoms with Crippen LogP contribution in [0.3, 0.4) is 0 Å². The number of imide groups is 1. The molecule has 0 unspecified atom stereocenters. The van der Waals surface area contributed by atoms with E-state index < -0.39 is 24.4 Å². The number of hydrogen-bond donors (Lipinski definition) is 1. The van der Waals surface area contributed by atoms with E-state index in [9.17, 15) is 19.2 Å². The Hall–Kier alpha value is -4.26. The van der Waals surface area contributed by atoms with Crippen LogP contribution < -0.4 is 5.32 Å². The number of benzene rings is 3. The highest BCUT2D eigenvalue weighted by Crippen LogP contribution is 2.24. The molecule has 1 heterocycles. The molecule has 3 aromatic carbocycles. The van der Waals surface area contributed by atoms with Gasteiger partial charge in [-0.1, -0.05) is 60.7 Å². The minimum atomic E-state index is -0.740. The van der Waals surface area contributed by atoms with Gasteiger partial charge in [0.05, 0.1) is 16.7 Å². The maximum absolute atomic E-state index is 12.8. The quantitative estimate of drug-likeness (QED) is 0.428. The van der Waals surface area contributed by atoms with Gasteiger partial charge in [-0.15, -0.1) is 0 Å². The van der Waals surface area contributed by atoms with E-state index in [0.29, 0.717) is 13.0 Å². The molecule has 3 aromatic rings. The molecule has 1 N–H and O–H groups in total. The van der Waals surface area contributed by atoms with Gasteiger partial charge in [-0.05, 0) is 35.7 Å². The third-order valence-electron chi connectivity index (χ3n) is 5.34. The average molecular weight is 442 g/mol. The van der Waals surface area contributed by atoms with Gasteiger partial charge in [0.1, 0.15) is 0 Å². The number of carbonyl (C=O) groups excluding carboxylic acids is 4. The van der Waals surface area contributed by atoms with Crippen molar-refractivity contribution >= 4 is 23.7 Å². The Morgan fingerprint density at radius 1 is 0.788 bits per heavy atom. The van der Waals surface area contributed by atoms with Crippen LogP contribution in [0.1, 0.15) is 42.2 Å². The summed E-state index contributed by atoms with van der Waals surface area (Å²) in [4.78, 5) is 51.0. The maximum atomic E-state index is 12.8. The van der Waals surface area contributed by atoms with E-state index in [2.05, 4.69) is 5.32 Å².